The number of benzene rings is 3. The topological polar surface area (TPSA) is 130 Å². The molecule has 0 radical (unpaired) electrons. The Bertz CT molecular complexity index is 1620. The van der Waals surface area contributed by atoms with E-state index in [1.54, 1.807) is 14.2 Å². The fourth-order valence-corrected chi connectivity index (χ4v) is 5.61. The van der Waals surface area contributed by atoms with Gasteiger partial charge in [0.05, 0.1) is 27.4 Å². The van der Waals surface area contributed by atoms with Crippen molar-refractivity contribution in [3.05, 3.63) is 129 Å². The van der Waals surface area contributed by atoms with Gasteiger partial charge in [-0.2, -0.15) is 0 Å². The van der Waals surface area contributed by atoms with Crippen LogP contribution in [0.25, 0.3) is 0 Å². The average Bonchev–Trinajstić information content (AvgIpc) is 3.38. The van der Waals surface area contributed by atoms with Crippen molar-refractivity contribution >= 4 is 23.2 Å². The number of alkyl halides is 2. The van der Waals surface area contributed by atoms with Crippen LogP contribution in [0.1, 0.15) is 22.9 Å². The zero-order valence-electron chi connectivity index (χ0n) is 25.1. The maximum Gasteiger partial charge on any atom is 0.330 e. The van der Waals surface area contributed by atoms with E-state index in [1.807, 2.05) is 78.9 Å². The van der Waals surface area contributed by atoms with Crippen LogP contribution in [0, 0.1) is 0 Å². The zero-order valence-corrected chi connectivity index (χ0v) is 26.6. The lowest BCUT2D eigenvalue weighted by Crippen LogP contribution is -2.41. The molecule has 0 aliphatic carbocycles. The molecule has 0 unspecified atom stereocenters. The van der Waals surface area contributed by atoms with E-state index in [4.69, 9.17) is 51.6 Å². The summed E-state index contributed by atoms with van der Waals surface area (Å²) in [5.41, 5.74) is -0.138. The van der Waals surface area contributed by atoms with Gasteiger partial charge in [-0.05, 0) is 41.0 Å². The molecule has 2 N–H and O–H groups in total. The quantitative estimate of drug-likeness (QED) is 0.0884. The minimum atomic E-state index is -1.28. The maximum atomic E-state index is 12.8. The average molecular weight is 674 g/mol. The van der Waals surface area contributed by atoms with Crippen molar-refractivity contribution in [2.24, 2.45) is 0 Å². The van der Waals surface area contributed by atoms with E-state index in [0.717, 1.165) is 21.3 Å². The molecule has 5 rings (SSSR count). The number of aliphatic hydroxyl groups excluding tert-OH is 1. The third-order valence-electron chi connectivity index (χ3n) is 7.66. The maximum absolute atomic E-state index is 12.8. The minimum absolute atomic E-state index is 0.0219. The van der Waals surface area contributed by atoms with Crippen molar-refractivity contribution in [1.29, 1.82) is 0 Å². The minimum Gasteiger partial charge on any atom is -0.497 e. The summed E-state index contributed by atoms with van der Waals surface area (Å²) < 4.78 is 36.3. The zero-order chi connectivity index (χ0) is 32.7. The van der Waals surface area contributed by atoms with Crippen molar-refractivity contribution in [1.82, 2.24) is 9.55 Å². The number of ether oxygens (including phenoxy) is 6. The molecule has 4 aromatic rings. The molecule has 4 atom stereocenters. The molecule has 1 saturated heterocycles. The number of aliphatic hydroxyl groups is 1. The summed E-state index contributed by atoms with van der Waals surface area (Å²) in [6.07, 6.45) is -3.21. The van der Waals surface area contributed by atoms with Crippen molar-refractivity contribution in [3.63, 3.8) is 0 Å². The van der Waals surface area contributed by atoms with Gasteiger partial charge in [0.2, 0.25) is 0 Å². The number of H-pyrrole nitrogens is 1. The van der Waals surface area contributed by atoms with Gasteiger partial charge in [-0.1, -0.05) is 54.6 Å². The number of hydrogen-bond donors (Lipinski definition) is 2. The van der Waals surface area contributed by atoms with Gasteiger partial charge in [-0.3, -0.25) is 14.3 Å². The molecule has 244 valence electrons. The Morgan fingerprint density at radius 2 is 1.48 bits per heavy atom. The highest BCUT2D eigenvalue weighted by Gasteiger charge is 2.48. The van der Waals surface area contributed by atoms with Gasteiger partial charge < -0.3 is 33.5 Å². The first-order chi connectivity index (χ1) is 22.3. The van der Waals surface area contributed by atoms with E-state index in [-0.39, 0.29) is 20.0 Å². The van der Waals surface area contributed by atoms with E-state index < -0.39 is 46.2 Å². The third-order valence-corrected chi connectivity index (χ3v) is 7.92. The first kappa shape index (κ1) is 33.7. The number of halogens is 2. The number of hydrogen-bond acceptors (Lipinski definition) is 9. The van der Waals surface area contributed by atoms with Crippen LogP contribution >= 0.6 is 23.2 Å². The normalized spacial score (nSPS) is 19.8. The summed E-state index contributed by atoms with van der Waals surface area (Å²) in [7, 11) is 3.19. The number of nitrogens with zero attached hydrogens (tertiary/aromatic N) is 1. The number of aromatic amines is 1. The Morgan fingerprint density at radius 1 is 0.891 bits per heavy atom. The number of aromatic nitrogens is 2. The summed E-state index contributed by atoms with van der Waals surface area (Å²) in [6, 6.07) is 25.8. The Balaban J connectivity index is 1.53. The monoisotopic (exact) mass is 672 g/mol. The second kappa shape index (κ2) is 15.3. The molecule has 3 aromatic carbocycles. The van der Waals surface area contributed by atoms with Gasteiger partial charge in [0.25, 0.3) is 5.56 Å². The van der Waals surface area contributed by atoms with Crippen LogP contribution in [-0.4, -0.2) is 72.0 Å². The first-order valence-corrected chi connectivity index (χ1v) is 15.2. The van der Waals surface area contributed by atoms with Gasteiger partial charge in [0, 0.05) is 12.3 Å². The van der Waals surface area contributed by atoms with Crippen LogP contribution in [0.5, 0.6) is 11.5 Å². The Labute approximate surface area is 275 Å². The molecule has 2 heterocycles. The molecule has 13 heteroatoms. The number of nitrogens with one attached hydrogen (secondary N) is 1. The lowest BCUT2D eigenvalue weighted by molar-refractivity contribution is -0.138. The SMILES string of the molecule is COc1ccc(C(OC[C@H]2O[C@@H](n3ccc(=O)[nH]c3=O)[C@H](OCOCC(Cl)Cl)[C@@H]2O)(c2ccccc2)c2ccc(OC)cc2)cc1. The molecule has 11 nitrogen and oxygen atoms in total. The Kier molecular flexibility index (Phi) is 11.2. The first-order valence-electron chi connectivity index (χ1n) is 14.4. The predicted octanol–water partition coefficient (Wildman–Crippen LogP) is 3.98. The molecule has 1 aliphatic rings. The summed E-state index contributed by atoms with van der Waals surface area (Å²) >= 11 is 11.5. The predicted molar refractivity (Wildman–Crippen MR) is 171 cm³/mol. The Hall–Kier alpha value is -3.68. The molecule has 0 bridgehead atoms. The molecule has 1 aliphatic heterocycles. The van der Waals surface area contributed by atoms with Gasteiger partial charge in [0.15, 0.2) is 6.23 Å². The van der Waals surface area contributed by atoms with Crippen LogP contribution < -0.4 is 20.7 Å². The van der Waals surface area contributed by atoms with Crippen LogP contribution in [0.15, 0.2) is 101 Å². The lowest BCUT2D eigenvalue weighted by atomic mass is 9.80. The van der Waals surface area contributed by atoms with Crippen LogP contribution in [0.2, 0.25) is 0 Å². The van der Waals surface area contributed by atoms with Gasteiger partial charge in [-0.25, -0.2) is 4.79 Å². The molecule has 1 aromatic heterocycles. The summed E-state index contributed by atoms with van der Waals surface area (Å²) in [5.74, 6) is 1.34. The van der Waals surface area contributed by atoms with E-state index in [9.17, 15) is 14.7 Å². The molecule has 1 fully saturated rings. The third kappa shape index (κ3) is 7.31. The Morgan fingerprint density at radius 3 is 2.02 bits per heavy atom. The number of rotatable bonds is 14. The lowest BCUT2D eigenvalue weighted by Gasteiger charge is -2.37. The van der Waals surface area contributed by atoms with Gasteiger partial charge >= 0.3 is 5.69 Å². The van der Waals surface area contributed by atoms with E-state index in [0.29, 0.717) is 11.5 Å². The highest BCUT2D eigenvalue weighted by atomic mass is 35.5. The molecular weight excluding hydrogens is 639 g/mol. The molecule has 46 heavy (non-hydrogen) atoms. The van der Waals surface area contributed by atoms with Crippen molar-refractivity contribution in [3.8, 4) is 11.5 Å². The highest BCUT2D eigenvalue weighted by Crippen LogP contribution is 2.43. The summed E-state index contributed by atoms with van der Waals surface area (Å²) in [5, 5.41) is 11.5. The van der Waals surface area contributed by atoms with Gasteiger partial charge in [-0.15, -0.1) is 23.2 Å². The summed E-state index contributed by atoms with van der Waals surface area (Å²) in [4.78, 5) is 25.9. The van der Waals surface area contributed by atoms with E-state index in [2.05, 4.69) is 4.98 Å². The van der Waals surface area contributed by atoms with Gasteiger partial charge in [0.1, 0.15) is 47.0 Å². The second-order valence-corrected chi connectivity index (χ2v) is 11.7. The van der Waals surface area contributed by atoms with Crippen molar-refractivity contribution in [2.75, 3.05) is 34.2 Å². The molecule has 0 saturated carbocycles. The number of methoxy groups -OCH3 is 2. The van der Waals surface area contributed by atoms with E-state index in [1.165, 1.54) is 12.3 Å². The highest BCUT2D eigenvalue weighted by molar-refractivity contribution is 6.44. The fourth-order valence-electron chi connectivity index (χ4n) is 5.43. The van der Waals surface area contributed by atoms with Crippen LogP contribution in [-0.2, 0) is 24.5 Å². The molecule has 0 amide bonds. The standard InChI is InChI=1S/C33H34Cl2N2O9/c1-41-24-12-8-22(9-13-24)33(21-6-4-3-5-7-21,23-10-14-25(42-2)15-11-23)45-18-26-29(39)30(44-20-43-19-27(34)35)31(46-26)37-17-16-28(38)36-32(37)40/h3-17,26-27,29-31,39H,18-20H2,1-2H3,(H,36,38,40)/t26-,29-,30-,31-/m1/s1. The molecule has 0 spiro atoms. The fraction of sp³-hybridized carbons (Fsp3) is 0.333. The van der Waals surface area contributed by atoms with Crippen molar-refractivity contribution < 1.29 is 33.5 Å². The van der Waals surface area contributed by atoms with Crippen molar-refractivity contribution in [2.45, 2.75) is 35.0 Å². The summed E-state index contributed by atoms with van der Waals surface area (Å²) in [6.45, 7) is -0.463. The second-order valence-electron chi connectivity index (χ2n) is 10.4. The molecular formula is C33H34Cl2N2O9. The largest absolute Gasteiger partial charge is 0.497 e. The smallest absolute Gasteiger partial charge is 0.330 e. The van der Waals surface area contributed by atoms with Crippen LogP contribution in [0.4, 0.5) is 0 Å². The van der Waals surface area contributed by atoms with Crippen LogP contribution in [0.3, 0.4) is 0 Å². The van der Waals surface area contributed by atoms with E-state index >= 15 is 0 Å².